The number of ether oxygens (including phenoxy) is 1. The molecule has 3 rings (SSSR count). The van der Waals surface area contributed by atoms with Crippen LogP contribution in [-0.4, -0.2) is 25.9 Å². The second-order valence-corrected chi connectivity index (χ2v) is 6.87. The summed E-state index contributed by atoms with van der Waals surface area (Å²) in [6.07, 6.45) is 3.20. The minimum absolute atomic E-state index is 0.0706. The fourth-order valence-corrected chi connectivity index (χ4v) is 3.52. The van der Waals surface area contributed by atoms with Crippen LogP contribution in [-0.2, 0) is 21.4 Å². The molecule has 0 atom stereocenters. The molecule has 23 heavy (non-hydrogen) atoms. The van der Waals surface area contributed by atoms with Gasteiger partial charge in [0.05, 0.1) is 10.6 Å². The number of benzene rings is 1. The number of hydrogen-bond acceptors (Lipinski definition) is 5. The molecule has 0 unspecified atom stereocenters. The standard InChI is InChI=1S/C15H15N3O4S/c1-10-6-13-12(18-15(19)9-22-13)7-14(10)23(20,21)17-8-11-2-4-16-5-3-11/h2-7,17H,8-9H2,1H3,(H,18,19). The summed E-state index contributed by atoms with van der Waals surface area (Å²) in [5.74, 6) is 0.157. The molecule has 0 saturated heterocycles. The highest BCUT2D eigenvalue weighted by atomic mass is 32.2. The smallest absolute Gasteiger partial charge is 0.262 e. The molecule has 2 N–H and O–H groups in total. The van der Waals surface area contributed by atoms with Gasteiger partial charge < -0.3 is 10.1 Å². The molecular weight excluding hydrogens is 318 g/mol. The number of hydrogen-bond donors (Lipinski definition) is 2. The molecule has 2 heterocycles. The molecule has 2 aromatic rings. The van der Waals surface area contributed by atoms with E-state index in [1.165, 1.54) is 6.07 Å². The normalized spacial score (nSPS) is 13.9. The summed E-state index contributed by atoms with van der Waals surface area (Å²) in [6, 6.07) is 6.49. The number of carbonyl (C=O) groups excluding carboxylic acids is 1. The zero-order chi connectivity index (χ0) is 16.4. The SMILES string of the molecule is Cc1cc2c(cc1S(=O)(=O)NCc1ccncc1)NC(=O)CO2. The lowest BCUT2D eigenvalue weighted by Gasteiger charge is -2.20. The van der Waals surface area contributed by atoms with Gasteiger partial charge >= 0.3 is 0 Å². The van der Waals surface area contributed by atoms with Crippen LogP contribution in [0.25, 0.3) is 0 Å². The average molecular weight is 333 g/mol. The second kappa shape index (κ2) is 5.98. The number of pyridine rings is 1. The Kier molecular flexibility index (Phi) is 4.01. The van der Waals surface area contributed by atoms with Crippen molar-refractivity contribution in [2.45, 2.75) is 18.4 Å². The van der Waals surface area contributed by atoms with Crippen LogP contribution in [0.3, 0.4) is 0 Å². The Bertz CT molecular complexity index is 851. The molecule has 1 aliphatic heterocycles. The zero-order valence-corrected chi connectivity index (χ0v) is 13.2. The topological polar surface area (TPSA) is 97.4 Å². The molecule has 0 bridgehead atoms. The van der Waals surface area contributed by atoms with Gasteiger partial charge in [0.25, 0.3) is 5.91 Å². The van der Waals surface area contributed by atoms with Crippen molar-refractivity contribution in [3.8, 4) is 5.75 Å². The molecule has 1 aliphatic rings. The molecule has 1 aromatic carbocycles. The van der Waals surface area contributed by atoms with Gasteiger partial charge in [-0.15, -0.1) is 0 Å². The third-order valence-electron chi connectivity index (χ3n) is 3.42. The van der Waals surface area contributed by atoms with E-state index in [2.05, 4.69) is 15.0 Å². The van der Waals surface area contributed by atoms with Crippen LogP contribution in [0.1, 0.15) is 11.1 Å². The van der Waals surface area contributed by atoms with E-state index in [4.69, 9.17) is 4.74 Å². The van der Waals surface area contributed by atoms with Gasteiger partial charge in [-0.3, -0.25) is 9.78 Å². The van der Waals surface area contributed by atoms with Crippen LogP contribution in [0.4, 0.5) is 5.69 Å². The molecule has 1 amide bonds. The number of nitrogens with one attached hydrogen (secondary N) is 2. The summed E-state index contributed by atoms with van der Waals surface area (Å²) >= 11 is 0. The number of fused-ring (bicyclic) bond motifs is 1. The van der Waals surface area contributed by atoms with Crippen LogP contribution < -0.4 is 14.8 Å². The summed E-state index contributed by atoms with van der Waals surface area (Å²) in [7, 11) is -3.72. The average Bonchev–Trinajstić information content (AvgIpc) is 2.54. The maximum atomic E-state index is 12.5. The molecule has 0 radical (unpaired) electrons. The predicted octanol–water partition coefficient (Wildman–Crippen LogP) is 1.20. The Labute approximate surface area is 133 Å². The zero-order valence-electron chi connectivity index (χ0n) is 12.4. The number of aromatic nitrogens is 1. The highest BCUT2D eigenvalue weighted by molar-refractivity contribution is 7.89. The van der Waals surface area contributed by atoms with E-state index in [0.717, 1.165) is 5.56 Å². The second-order valence-electron chi connectivity index (χ2n) is 5.13. The third-order valence-corrected chi connectivity index (χ3v) is 4.96. The van der Waals surface area contributed by atoms with E-state index in [1.807, 2.05) is 0 Å². The van der Waals surface area contributed by atoms with Crippen molar-refractivity contribution >= 4 is 21.6 Å². The molecule has 0 aliphatic carbocycles. The Balaban J connectivity index is 1.87. The number of amides is 1. The number of carbonyl (C=O) groups is 1. The Morgan fingerprint density at radius 1 is 1.30 bits per heavy atom. The maximum absolute atomic E-state index is 12.5. The first-order valence-corrected chi connectivity index (χ1v) is 8.40. The number of sulfonamides is 1. The number of nitrogens with zero attached hydrogens (tertiary/aromatic N) is 1. The van der Waals surface area contributed by atoms with E-state index in [-0.39, 0.29) is 24.0 Å². The minimum atomic E-state index is -3.72. The van der Waals surface area contributed by atoms with Crippen molar-refractivity contribution in [2.24, 2.45) is 0 Å². The number of aryl methyl sites for hydroxylation is 1. The Hall–Kier alpha value is -2.45. The molecule has 0 spiro atoms. The largest absolute Gasteiger partial charge is 0.482 e. The quantitative estimate of drug-likeness (QED) is 0.876. The van der Waals surface area contributed by atoms with Crippen LogP contribution >= 0.6 is 0 Å². The van der Waals surface area contributed by atoms with Gasteiger partial charge in [-0.25, -0.2) is 13.1 Å². The van der Waals surface area contributed by atoms with Crippen molar-refractivity contribution < 1.29 is 17.9 Å². The van der Waals surface area contributed by atoms with Crippen molar-refractivity contribution in [3.05, 3.63) is 47.8 Å². The Morgan fingerprint density at radius 2 is 2.04 bits per heavy atom. The summed E-state index contributed by atoms with van der Waals surface area (Å²) in [5.41, 5.74) is 1.70. The lowest BCUT2D eigenvalue weighted by Crippen LogP contribution is -2.27. The molecule has 120 valence electrons. The summed E-state index contributed by atoms with van der Waals surface area (Å²) in [4.78, 5) is 15.4. The van der Waals surface area contributed by atoms with Crippen LogP contribution in [0.2, 0.25) is 0 Å². The highest BCUT2D eigenvalue weighted by Crippen LogP contribution is 2.32. The van der Waals surface area contributed by atoms with E-state index in [1.54, 1.807) is 37.5 Å². The van der Waals surface area contributed by atoms with E-state index in [9.17, 15) is 13.2 Å². The van der Waals surface area contributed by atoms with Gasteiger partial charge in [0.1, 0.15) is 5.75 Å². The van der Waals surface area contributed by atoms with Crippen LogP contribution in [0.15, 0.2) is 41.6 Å². The summed E-state index contributed by atoms with van der Waals surface area (Å²) < 4.78 is 32.8. The first-order valence-electron chi connectivity index (χ1n) is 6.91. The maximum Gasteiger partial charge on any atom is 0.262 e. The summed E-state index contributed by atoms with van der Waals surface area (Å²) in [5, 5.41) is 2.61. The summed E-state index contributed by atoms with van der Waals surface area (Å²) in [6.45, 7) is 1.77. The van der Waals surface area contributed by atoms with E-state index >= 15 is 0 Å². The highest BCUT2D eigenvalue weighted by Gasteiger charge is 2.23. The first kappa shape index (κ1) is 15.4. The lowest BCUT2D eigenvalue weighted by molar-refractivity contribution is -0.118. The van der Waals surface area contributed by atoms with Crippen molar-refractivity contribution in [3.63, 3.8) is 0 Å². The fraction of sp³-hybridized carbons (Fsp3) is 0.200. The van der Waals surface area contributed by atoms with Gasteiger partial charge in [-0.05, 0) is 42.3 Å². The third kappa shape index (κ3) is 3.33. The van der Waals surface area contributed by atoms with E-state index < -0.39 is 10.0 Å². The van der Waals surface area contributed by atoms with E-state index in [0.29, 0.717) is 17.0 Å². The van der Waals surface area contributed by atoms with Gasteiger partial charge in [-0.2, -0.15) is 0 Å². The van der Waals surface area contributed by atoms with Crippen molar-refractivity contribution in [1.82, 2.24) is 9.71 Å². The molecule has 1 aromatic heterocycles. The first-order chi connectivity index (χ1) is 11.0. The van der Waals surface area contributed by atoms with Gasteiger partial charge in [0, 0.05) is 18.9 Å². The monoisotopic (exact) mass is 333 g/mol. The van der Waals surface area contributed by atoms with Crippen LogP contribution in [0, 0.1) is 6.92 Å². The van der Waals surface area contributed by atoms with Crippen molar-refractivity contribution in [2.75, 3.05) is 11.9 Å². The number of anilines is 1. The van der Waals surface area contributed by atoms with Gasteiger partial charge in [0.15, 0.2) is 6.61 Å². The van der Waals surface area contributed by atoms with Gasteiger partial charge in [-0.1, -0.05) is 0 Å². The van der Waals surface area contributed by atoms with Crippen LogP contribution in [0.5, 0.6) is 5.75 Å². The number of rotatable bonds is 4. The Morgan fingerprint density at radius 3 is 2.78 bits per heavy atom. The molecule has 7 nitrogen and oxygen atoms in total. The lowest BCUT2D eigenvalue weighted by atomic mass is 10.2. The molecule has 8 heteroatoms. The van der Waals surface area contributed by atoms with Crippen molar-refractivity contribution in [1.29, 1.82) is 0 Å². The molecule has 0 saturated carbocycles. The molecule has 0 fully saturated rings. The minimum Gasteiger partial charge on any atom is -0.482 e. The molecular formula is C15H15N3O4S. The van der Waals surface area contributed by atoms with Gasteiger partial charge in [0.2, 0.25) is 10.0 Å². The fourth-order valence-electron chi connectivity index (χ4n) is 2.25. The predicted molar refractivity (Wildman–Crippen MR) is 83.6 cm³/mol.